The first-order valence-corrected chi connectivity index (χ1v) is 6.48. The summed E-state index contributed by atoms with van der Waals surface area (Å²) in [6.45, 7) is -0.0875. The van der Waals surface area contributed by atoms with Crippen LogP contribution in [-0.2, 0) is 0 Å². The van der Waals surface area contributed by atoms with E-state index in [2.05, 4.69) is 5.32 Å². The summed E-state index contributed by atoms with van der Waals surface area (Å²) in [4.78, 5) is 11.7. The minimum Gasteiger partial charge on any atom is -0.497 e. The van der Waals surface area contributed by atoms with Gasteiger partial charge in [0.15, 0.2) is 0 Å². The predicted octanol–water partition coefficient (Wildman–Crippen LogP) is 2.22. The molecule has 0 unspecified atom stereocenters. The van der Waals surface area contributed by atoms with E-state index in [0.29, 0.717) is 5.56 Å². The second kappa shape index (κ2) is 6.85. The Morgan fingerprint density at radius 2 is 1.86 bits per heavy atom. The molecule has 21 heavy (non-hydrogen) atoms. The summed E-state index contributed by atoms with van der Waals surface area (Å²) in [5, 5.41) is 11.1. The lowest BCUT2D eigenvalue weighted by atomic mass is 10.0. The van der Waals surface area contributed by atoms with Gasteiger partial charge in [-0.15, -0.1) is 0 Å². The fourth-order valence-electron chi connectivity index (χ4n) is 1.93. The van der Waals surface area contributed by atoms with Gasteiger partial charge in [-0.3, -0.25) is 4.79 Å². The molecule has 0 radical (unpaired) electrons. The second-order valence-electron chi connectivity index (χ2n) is 4.40. The van der Waals surface area contributed by atoms with Gasteiger partial charge in [0, 0.05) is 6.54 Å². The van der Waals surface area contributed by atoms with Crippen LogP contribution in [0.4, 0.5) is 4.39 Å². The fraction of sp³-hybridized carbons (Fsp3) is 0.188. The molecule has 0 atom stereocenters. The summed E-state index contributed by atoms with van der Waals surface area (Å²) in [7, 11) is 1.58. The average molecular weight is 289 g/mol. The van der Waals surface area contributed by atoms with Gasteiger partial charge in [-0.25, -0.2) is 4.39 Å². The Bertz CT molecular complexity index is 626. The zero-order valence-corrected chi connectivity index (χ0v) is 11.6. The van der Waals surface area contributed by atoms with Crippen molar-refractivity contribution in [1.82, 2.24) is 5.32 Å². The van der Waals surface area contributed by atoms with Crippen LogP contribution in [0.5, 0.6) is 5.75 Å². The van der Waals surface area contributed by atoms with E-state index >= 15 is 0 Å². The Balaban J connectivity index is 2.23. The van der Waals surface area contributed by atoms with Gasteiger partial charge in [0.2, 0.25) is 0 Å². The fourth-order valence-corrected chi connectivity index (χ4v) is 1.93. The molecule has 0 saturated carbocycles. The molecule has 1 amide bonds. The number of carbonyl (C=O) groups is 1. The van der Waals surface area contributed by atoms with Crippen LogP contribution in [0.1, 0.15) is 10.4 Å². The van der Waals surface area contributed by atoms with Gasteiger partial charge in [-0.2, -0.15) is 0 Å². The average Bonchev–Trinajstić information content (AvgIpc) is 2.52. The summed E-state index contributed by atoms with van der Waals surface area (Å²) in [5.74, 6) is -0.416. The smallest absolute Gasteiger partial charge is 0.254 e. The Kier molecular flexibility index (Phi) is 4.90. The zero-order valence-electron chi connectivity index (χ0n) is 11.6. The molecule has 0 aliphatic carbocycles. The summed E-state index contributed by atoms with van der Waals surface area (Å²) >= 11 is 0. The third-order valence-corrected chi connectivity index (χ3v) is 3.03. The number of aliphatic hydroxyl groups excluding tert-OH is 1. The molecule has 0 aliphatic heterocycles. The molecule has 0 bridgehead atoms. The Morgan fingerprint density at radius 1 is 1.19 bits per heavy atom. The molecular formula is C16H16FNO3. The maximum absolute atomic E-state index is 14.0. The number of nitrogens with one attached hydrogen (secondary N) is 1. The van der Waals surface area contributed by atoms with Gasteiger partial charge in [0.25, 0.3) is 5.91 Å². The van der Waals surface area contributed by atoms with Crippen LogP contribution < -0.4 is 10.1 Å². The van der Waals surface area contributed by atoms with E-state index in [1.165, 1.54) is 12.1 Å². The van der Waals surface area contributed by atoms with Crippen LogP contribution >= 0.6 is 0 Å². The van der Waals surface area contributed by atoms with Crippen molar-refractivity contribution in [2.45, 2.75) is 0 Å². The number of aliphatic hydroxyl groups is 1. The van der Waals surface area contributed by atoms with Crippen molar-refractivity contribution in [2.75, 3.05) is 20.3 Å². The second-order valence-corrected chi connectivity index (χ2v) is 4.40. The highest BCUT2D eigenvalue weighted by atomic mass is 19.1. The van der Waals surface area contributed by atoms with Crippen molar-refractivity contribution in [3.63, 3.8) is 0 Å². The molecular weight excluding hydrogens is 273 g/mol. The van der Waals surface area contributed by atoms with Crippen LogP contribution in [0.2, 0.25) is 0 Å². The number of amides is 1. The van der Waals surface area contributed by atoms with Gasteiger partial charge in [0.1, 0.15) is 11.6 Å². The van der Waals surface area contributed by atoms with Crippen LogP contribution in [-0.4, -0.2) is 31.3 Å². The monoisotopic (exact) mass is 289 g/mol. The summed E-state index contributed by atoms with van der Waals surface area (Å²) in [5.41, 5.74) is 1.46. The number of carbonyl (C=O) groups excluding carboxylic acids is 1. The highest BCUT2D eigenvalue weighted by molar-refractivity contribution is 5.95. The van der Waals surface area contributed by atoms with E-state index in [1.54, 1.807) is 25.3 Å². The Morgan fingerprint density at radius 3 is 2.43 bits per heavy atom. The first kappa shape index (κ1) is 15.0. The summed E-state index contributed by atoms with van der Waals surface area (Å²) < 4.78 is 19.1. The molecule has 2 aromatic carbocycles. The molecule has 110 valence electrons. The maximum Gasteiger partial charge on any atom is 0.254 e. The molecule has 0 heterocycles. The van der Waals surface area contributed by atoms with Crippen molar-refractivity contribution in [3.8, 4) is 16.9 Å². The van der Waals surface area contributed by atoms with Crippen molar-refractivity contribution in [2.24, 2.45) is 0 Å². The van der Waals surface area contributed by atoms with E-state index in [0.717, 1.165) is 11.3 Å². The zero-order chi connectivity index (χ0) is 15.2. The Labute approximate surface area is 122 Å². The Hall–Kier alpha value is -2.40. The topological polar surface area (TPSA) is 58.6 Å². The third kappa shape index (κ3) is 3.58. The quantitative estimate of drug-likeness (QED) is 0.887. The van der Waals surface area contributed by atoms with Crippen LogP contribution in [0, 0.1) is 5.82 Å². The molecule has 4 nitrogen and oxygen atoms in total. The van der Waals surface area contributed by atoms with E-state index in [4.69, 9.17) is 9.84 Å². The van der Waals surface area contributed by atoms with Crippen LogP contribution in [0.15, 0.2) is 42.5 Å². The molecule has 2 N–H and O–H groups in total. The lowest BCUT2D eigenvalue weighted by Gasteiger charge is -2.08. The van der Waals surface area contributed by atoms with Gasteiger partial charge >= 0.3 is 0 Å². The molecule has 2 rings (SSSR count). The van der Waals surface area contributed by atoms with E-state index in [1.807, 2.05) is 12.1 Å². The number of benzene rings is 2. The number of halogens is 1. The van der Waals surface area contributed by atoms with E-state index < -0.39 is 11.7 Å². The lowest BCUT2D eigenvalue weighted by Crippen LogP contribution is -2.27. The van der Waals surface area contributed by atoms with Crippen molar-refractivity contribution in [3.05, 3.63) is 53.8 Å². The minimum atomic E-state index is -0.598. The van der Waals surface area contributed by atoms with E-state index in [9.17, 15) is 9.18 Å². The molecule has 0 fully saturated rings. The maximum atomic E-state index is 14.0. The predicted molar refractivity (Wildman–Crippen MR) is 77.8 cm³/mol. The van der Waals surface area contributed by atoms with Crippen LogP contribution in [0.3, 0.4) is 0 Å². The number of methoxy groups -OCH3 is 1. The van der Waals surface area contributed by atoms with Crippen molar-refractivity contribution in [1.29, 1.82) is 0 Å². The first-order chi connectivity index (χ1) is 10.2. The molecule has 0 aromatic heterocycles. The highest BCUT2D eigenvalue weighted by Gasteiger charge is 2.12. The number of rotatable bonds is 5. The van der Waals surface area contributed by atoms with Gasteiger partial charge in [-0.05, 0) is 35.4 Å². The molecule has 0 spiro atoms. The van der Waals surface area contributed by atoms with E-state index in [-0.39, 0.29) is 18.7 Å². The minimum absolute atomic E-state index is 0.0410. The lowest BCUT2D eigenvalue weighted by molar-refractivity contribution is 0.0941. The summed E-state index contributed by atoms with van der Waals surface area (Å²) in [6.07, 6.45) is 0. The normalized spacial score (nSPS) is 10.2. The summed E-state index contributed by atoms with van der Waals surface area (Å²) in [6, 6.07) is 11.6. The largest absolute Gasteiger partial charge is 0.497 e. The number of ether oxygens (including phenoxy) is 1. The van der Waals surface area contributed by atoms with Crippen molar-refractivity contribution < 1.29 is 19.0 Å². The standard InChI is InChI=1S/C16H16FNO3/c1-21-13-5-2-11(3-6-13)12-4-7-14(15(17)10-12)16(20)18-8-9-19/h2-7,10,19H,8-9H2,1H3,(H,18,20). The molecule has 2 aromatic rings. The molecule has 5 heteroatoms. The first-order valence-electron chi connectivity index (χ1n) is 6.48. The highest BCUT2D eigenvalue weighted by Crippen LogP contribution is 2.24. The van der Waals surface area contributed by atoms with Crippen LogP contribution in [0.25, 0.3) is 11.1 Å². The van der Waals surface area contributed by atoms with Gasteiger partial charge in [-0.1, -0.05) is 18.2 Å². The number of hydrogen-bond acceptors (Lipinski definition) is 3. The number of hydrogen-bond donors (Lipinski definition) is 2. The molecule has 0 saturated heterocycles. The third-order valence-electron chi connectivity index (χ3n) is 3.03. The van der Waals surface area contributed by atoms with Gasteiger partial charge < -0.3 is 15.2 Å². The molecule has 0 aliphatic rings. The van der Waals surface area contributed by atoms with Crippen molar-refractivity contribution >= 4 is 5.91 Å². The van der Waals surface area contributed by atoms with Gasteiger partial charge in [0.05, 0.1) is 19.3 Å². The SMILES string of the molecule is COc1ccc(-c2ccc(C(=O)NCCO)c(F)c2)cc1.